The molecule has 0 saturated heterocycles. The van der Waals surface area contributed by atoms with Crippen LogP contribution in [0.1, 0.15) is 18.9 Å². The number of aliphatic carboxylic acids is 1. The van der Waals surface area contributed by atoms with E-state index in [1.165, 1.54) is 6.07 Å². The van der Waals surface area contributed by atoms with Crippen molar-refractivity contribution >= 4 is 11.7 Å². The number of hydrogen-bond donors (Lipinski definition) is 2. The summed E-state index contributed by atoms with van der Waals surface area (Å²) in [5.74, 6) is -1.26. The minimum absolute atomic E-state index is 0.0343. The normalized spacial score (nSPS) is 12.2. The molecule has 0 aliphatic rings. The topological polar surface area (TPSA) is 49.3 Å². The van der Waals surface area contributed by atoms with Gasteiger partial charge in [0, 0.05) is 6.04 Å². The molecule has 0 saturated carbocycles. The molecule has 1 aromatic carbocycles. The molecule has 0 aromatic heterocycles. The number of anilines is 1. The van der Waals surface area contributed by atoms with Crippen molar-refractivity contribution in [2.75, 3.05) is 5.32 Å². The van der Waals surface area contributed by atoms with Crippen LogP contribution in [0.4, 0.5) is 10.1 Å². The fourth-order valence-corrected chi connectivity index (χ4v) is 1.33. The third-order valence-corrected chi connectivity index (χ3v) is 2.00. The molecule has 1 unspecified atom stereocenters. The summed E-state index contributed by atoms with van der Waals surface area (Å²) in [5, 5.41) is 11.4. The average Bonchev–Trinajstić information content (AvgIpc) is 2.10. The van der Waals surface area contributed by atoms with Crippen LogP contribution in [0.3, 0.4) is 0 Å². The highest BCUT2D eigenvalue weighted by Crippen LogP contribution is 2.17. The molecule has 0 radical (unpaired) electrons. The standard InChI is InChI=1S/C11H14FNO2/c1-7-3-4-9(12)10(5-7)13-8(2)6-11(14)15/h3-5,8,13H,6H2,1-2H3,(H,14,15). The van der Waals surface area contributed by atoms with Gasteiger partial charge in [0.25, 0.3) is 0 Å². The first-order chi connectivity index (χ1) is 6.99. The number of carboxylic acid groups (broad SMARTS) is 1. The van der Waals surface area contributed by atoms with Crippen LogP contribution in [0.5, 0.6) is 0 Å². The van der Waals surface area contributed by atoms with Crippen LogP contribution >= 0.6 is 0 Å². The molecule has 0 fully saturated rings. The van der Waals surface area contributed by atoms with E-state index in [1.807, 2.05) is 6.92 Å². The van der Waals surface area contributed by atoms with E-state index in [4.69, 9.17) is 5.11 Å². The summed E-state index contributed by atoms with van der Waals surface area (Å²) < 4.78 is 13.3. The van der Waals surface area contributed by atoms with Crippen LogP contribution in [0.15, 0.2) is 18.2 Å². The maximum absolute atomic E-state index is 13.3. The van der Waals surface area contributed by atoms with Crippen LogP contribution in [-0.2, 0) is 4.79 Å². The summed E-state index contributed by atoms with van der Waals surface area (Å²) in [7, 11) is 0. The Kier molecular flexibility index (Phi) is 3.66. The van der Waals surface area contributed by atoms with E-state index in [0.717, 1.165) is 5.56 Å². The molecule has 3 nitrogen and oxygen atoms in total. The van der Waals surface area contributed by atoms with Crippen molar-refractivity contribution in [3.05, 3.63) is 29.6 Å². The molecule has 2 N–H and O–H groups in total. The van der Waals surface area contributed by atoms with Gasteiger partial charge >= 0.3 is 5.97 Å². The molecule has 82 valence electrons. The first-order valence-electron chi connectivity index (χ1n) is 4.73. The van der Waals surface area contributed by atoms with Crippen molar-refractivity contribution in [3.8, 4) is 0 Å². The highest BCUT2D eigenvalue weighted by atomic mass is 19.1. The van der Waals surface area contributed by atoms with Gasteiger partial charge in [-0.3, -0.25) is 4.79 Å². The van der Waals surface area contributed by atoms with Gasteiger partial charge in [-0.1, -0.05) is 6.07 Å². The number of aryl methyl sites for hydroxylation is 1. The molecule has 0 spiro atoms. The molecule has 0 amide bonds. The van der Waals surface area contributed by atoms with E-state index in [2.05, 4.69) is 5.32 Å². The molecule has 0 aliphatic heterocycles. The zero-order valence-electron chi connectivity index (χ0n) is 8.75. The second-order valence-corrected chi connectivity index (χ2v) is 3.63. The van der Waals surface area contributed by atoms with Crippen LogP contribution < -0.4 is 5.32 Å². The molecule has 0 bridgehead atoms. The van der Waals surface area contributed by atoms with Crippen LogP contribution in [-0.4, -0.2) is 17.1 Å². The maximum atomic E-state index is 13.3. The lowest BCUT2D eigenvalue weighted by atomic mass is 10.2. The van der Waals surface area contributed by atoms with E-state index < -0.39 is 5.97 Å². The lowest BCUT2D eigenvalue weighted by Crippen LogP contribution is -2.19. The molecule has 0 heterocycles. The molecule has 0 aliphatic carbocycles. The predicted octanol–water partition coefficient (Wildman–Crippen LogP) is 2.41. The van der Waals surface area contributed by atoms with E-state index in [-0.39, 0.29) is 18.3 Å². The largest absolute Gasteiger partial charge is 0.481 e. The lowest BCUT2D eigenvalue weighted by Gasteiger charge is -2.14. The molecule has 15 heavy (non-hydrogen) atoms. The van der Waals surface area contributed by atoms with Crippen molar-refractivity contribution in [1.82, 2.24) is 0 Å². The number of rotatable bonds is 4. The van der Waals surface area contributed by atoms with Crippen LogP contribution in [0, 0.1) is 12.7 Å². The Labute approximate surface area is 87.9 Å². The molecule has 1 aromatic rings. The van der Waals surface area contributed by atoms with Gasteiger partial charge in [0.2, 0.25) is 0 Å². The molecular weight excluding hydrogens is 197 g/mol. The molecule has 1 rings (SSSR count). The zero-order valence-corrected chi connectivity index (χ0v) is 8.75. The lowest BCUT2D eigenvalue weighted by molar-refractivity contribution is -0.137. The third kappa shape index (κ3) is 3.58. The molecular formula is C11H14FNO2. The smallest absolute Gasteiger partial charge is 0.305 e. The van der Waals surface area contributed by atoms with Gasteiger partial charge in [-0.05, 0) is 31.5 Å². The highest BCUT2D eigenvalue weighted by Gasteiger charge is 2.09. The summed E-state index contributed by atoms with van der Waals surface area (Å²) in [6.07, 6.45) is -0.0343. The van der Waals surface area contributed by atoms with Gasteiger partial charge in [0.05, 0.1) is 12.1 Å². The Hall–Kier alpha value is -1.58. The average molecular weight is 211 g/mol. The Morgan fingerprint density at radius 3 is 2.87 bits per heavy atom. The first kappa shape index (κ1) is 11.5. The minimum atomic E-state index is -0.900. The first-order valence-corrected chi connectivity index (χ1v) is 4.73. The SMILES string of the molecule is Cc1ccc(F)c(NC(C)CC(=O)O)c1. The number of halogens is 1. The fraction of sp³-hybridized carbons (Fsp3) is 0.364. The Bertz CT molecular complexity index is 366. The Balaban J connectivity index is 2.71. The number of benzene rings is 1. The monoisotopic (exact) mass is 211 g/mol. The second kappa shape index (κ2) is 4.77. The van der Waals surface area contributed by atoms with Crippen molar-refractivity contribution in [2.24, 2.45) is 0 Å². The van der Waals surface area contributed by atoms with Crippen molar-refractivity contribution in [3.63, 3.8) is 0 Å². The van der Waals surface area contributed by atoms with Crippen molar-refractivity contribution < 1.29 is 14.3 Å². The summed E-state index contributed by atoms with van der Waals surface area (Å²) in [4.78, 5) is 10.4. The molecule has 1 atom stereocenters. The summed E-state index contributed by atoms with van der Waals surface area (Å²) in [6.45, 7) is 3.56. The quantitative estimate of drug-likeness (QED) is 0.804. The van der Waals surface area contributed by atoms with E-state index in [1.54, 1.807) is 19.1 Å². The fourth-order valence-electron chi connectivity index (χ4n) is 1.33. The van der Waals surface area contributed by atoms with Crippen LogP contribution in [0.25, 0.3) is 0 Å². The van der Waals surface area contributed by atoms with E-state index in [0.29, 0.717) is 5.69 Å². The van der Waals surface area contributed by atoms with Gasteiger partial charge in [-0.15, -0.1) is 0 Å². The number of carbonyl (C=O) groups is 1. The Morgan fingerprint density at radius 2 is 2.27 bits per heavy atom. The highest BCUT2D eigenvalue weighted by molar-refractivity contribution is 5.68. The van der Waals surface area contributed by atoms with Gasteiger partial charge in [-0.2, -0.15) is 0 Å². The van der Waals surface area contributed by atoms with Gasteiger partial charge in [-0.25, -0.2) is 4.39 Å². The summed E-state index contributed by atoms with van der Waals surface area (Å²) in [6, 6.07) is 4.40. The van der Waals surface area contributed by atoms with Gasteiger partial charge in [0.15, 0.2) is 0 Å². The molecule has 4 heteroatoms. The number of carboxylic acids is 1. The van der Waals surface area contributed by atoms with Crippen molar-refractivity contribution in [1.29, 1.82) is 0 Å². The van der Waals surface area contributed by atoms with E-state index in [9.17, 15) is 9.18 Å². The minimum Gasteiger partial charge on any atom is -0.481 e. The van der Waals surface area contributed by atoms with Crippen molar-refractivity contribution in [2.45, 2.75) is 26.3 Å². The predicted molar refractivity (Wildman–Crippen MR) is 56.5 cm³/mol. The maximum Gasteiger partial charge on any atom is 0.305 e. The third-order valence-electron chi connectivity index (χ3n) is 2.00. The Morgan fingerprint density at radius 1 is 1.60 bits per heavy atom. The van der Waals surface area contributed by atoms with E-state index >= 15 is 0 Å². The summed E-state index contributed by atoms with van der Waals surface area (Å²) >= 11 is 0. The second-order valence-electron chi connectivity index (χ2n) is 3.63. The van der Waals surface area contributed by atoms with Gasteiger partial charge < -0.3 is 10.4 Å². The van der Waals surface area contributed by atoms with Crippen LogP contribution in [0.2, 0.25) is 0 Å². The number of hydrogen-bond acceptors (Lipinski definition) is 2. The summed E-state index contributed by atoms with van der Waals surface area (Å²) in [5.41, 5.74) is 1.28. The number of nitrogens with one attached hydrogen (secondary N) is 1. The van der Waals surface area contributed by atoms with Gasteiger partial charge in [0.1, 0.15) is 5.82 Å². The zero-order chi connectivity index (χ0) is 11.4.